The monoisotopic (exact) mass is 321 g/mol. The quantitative estimate of drug-likeness (QED) is 0.433. The Balaban J connectivity index is 2.34. The molecule has 2 N–H and O–H groups in total. The third-order valence-corrected chi connectivity index (χ3v) is 4.51. The summed E-state index contributed by atoms with van der Waals surface area (Å²) in [6.07, 6.45) is 0. The fraction of sp³-hybridized carbons (Fsp3) is 0.167. The zero-order valence-corrected chi connectivity index (χ0v) is 13.5. The molecule has 6 nitrogen and oxygen atoms in total. The van der Waals surface area contributed by atoms with Crippen molar-refractivity contribution in [2.75, 3.05) is 7.11 Å². The van der Waals surface area contributed by atoms with E-state index in [0.29, 0.717) is 17.0 Å². The molecule has 3 heterocycles. The van der Waals surface area contributed by atoms with Crippen LogP contribution >= 0.6 is 0 Å². The number of hydrogen-bond donors (Lipinski definition) is 2. The van der Waals surface area contributed by atoms with Gasteiger partial charge in [-0.15, -0.1) is 0 Å². The first-order chi connectivity index (χ1) is 11.6. The zero-order chi connectivity index (χ0) is 17.0. The van der Waals surface area contributed by atoms with E-state index in [1.807, 2.05) is 38.1 Å². The molecule has 0 aliphatic heterocycles. The predicted octanol–water partition coefficient (Wildman–Crippen LogP) is 3.92. The van der Waals surface area contributed by atoms with Gasteiger partial charge in [0, 0.05) is 16.3 Å². The van der Waals surface area contributed by atoms with Crippen molar-refractivity contribution in [3.05, 3.63) is 41.0 Å². The summed E-state index contributed by atoms with van der Waals surface area (Å²) in [6, 6.07) is 10.1. The fourth-order valence-electron chi connectivity index (χ4n) is 3.44. The summed E-state index contributed by atoms with van der Waals surface area (Å²) in [7, 11) is 1.49. The Labute approximate surface area is 137 Å². The molecule has 0 spiro atoms. The van der Waals surface area contributed by atoms with Crippen LogP contribution in [-0.2, 0) is 0 Å². The van der Waals surface area contributed by atoms with Crippen molar-refractivity contribution in [2.24, 2.45) is 0 Å². The van der Waals surface area contributed by atoms with Gasteiger partial charge in [0.2, 0.25) is 5.88 Å². The maximum Gasteiger partial charge on any atom is 0.268 e. The van der Waals surface area contributed by atoms with Gasteiger partial charge in [-0.2, -0.15) is 5.26 Å². The van der Waals surface area contributed by atoms with Gasteiger partial charge >= 0.3 is 0 Å². The van der Waals surface area contributed by atoms with Crippen molar-refractivity contribution >= 4 is 27.3 Å². The van der Waals surface area contributed by atoms with E-state index in [2.05, 4.69) is 15.9 Å². The molecule has 0 bridgehead atoms. The standard InChI is InChI=1S/C18H15N3O3/c1-9-5-4-6-11-14-13-7-10(2)12(8-19)17(23-3)21(13)18(24-22)16(14)20-15(9)11/h4-7,20,22H,1-3H3. The molecule has 6 heteroatoms. The molecular formula is C18H15N3O3. The highest BCUT2D eigenvalue weighted by Gasteiger charge is 2.24. The van der Waals surface area contributed by atoms with Crippen molar-refractivity contribution in [1.29, 1.82) is 5.26 Å². The third kappa shape index (κ3) is 1.62. The number of aromatic nitrogens is 2. The zero-order valence-electron chi connectivity index (χ0n) is 13.5. The number of para-hydroxylation sites is 1. The molecule has 0 saturated heterocycles. The van der Waals surface area contributed by atoms with Crippen LogP contribution in [0.4, 0.5) is 0 Å². The van der Waals surface area contributed by atoms with E-state index < -0.39 is 0 Å². The average molecular weight is 321 g/mol. The number of nitrogens with one attached hydrogen (secondary N) is 1. The molecule has 4 aromatic rings. The summed E-state index contributed by atoms with van der Waals surface area (Å²) in [5.74, 6) is 0.533. The lowest BCUT2D eigenvalue weighted by atomic mass is 10.1. The summed E-state index contributed by atoms with van der Waals surface area (Å²) in [5.41, 5.74) is 4.76. The van der Waals surface area contributed by atoms with Crippen LogP contribution in [0.15, 0.2) is 24.3 Å². The topological polar surface area (TPSA) is 82.7 Å². The Kier molecular flexibility index (Phi) is 2.95. The lowest BCUT2D eigenvalue weighted by Crippen LogP contribution is -2.02. The molecule has 0 aliphatic carbocycles. The molecule has 0 unspecified atom stereocenters. The molecular weight excluding hydrogens is 306 g/mol. The molecule has 0 fully saturated rings. The van der Waals surface area contributed by atoms with E-state index in [4.69, 9.17) is 4.74 Å². The highest BCUT2D eigenvalue weighted by molar-refractivity contribution is 6.18. The van der Waals surface area contributed by atoms with Crippen LogP contribution in [-0.4, -0.2) is 21.8 Å². The highest BCUT2D eigenvalue weighted by Crippen LogP contribution is 2.42. The van der Waals surface area contributed by atoms with E-state index in [1.54, 1.807) is 4.40 Å². The average Bonchev–Trinajstić information content (AvgIpc) is 3.09. The van der Waals surface area contributed by atoms with Crippen molar-refractivity contribution in [3.8, 4) is 17.8 Å². The normalized spacial score (nSPS) is 11.3. The fourth-order valence-corrected chi connectivity index (χ4v) is 3.44. The Morgan fingerprint density at radius 3 is 2.62 bits per heavy atom. The Hall–Kier alpha value is -3.17. The summed E-state index contributed by atoms with van der Waals surface area (Å²) in [5, 5.41) is 20.9. The number of hydrogen-bond acceptors (Lipinski definition) is 4. The summed E-state index contributed by atoms with van der Waals surface area (Å²) in [4.78, 5) is 7.99. The molecule has 0 radical (unpaired) electrons. The van der Waals surface area contributed by atoms with E-state index in [9.17, 15) is 10.5 Å². The number of benzene rings is 1. The van der Waals surface area contributed by atoms with Gasteiger partial charge in [0.15, 0.2) is 0 Å². The van der Waals surface area contributed by atoms with E-state index in [0.717, 1.165) is 32.9 Å². The van der Waals surface area contributed by atoms with Crippen LogP contribution in [0.1, 0.15) is 16.7 Å². The van der Waals surface area contributed by atoms with Gasteiger partial charge < -0.3 is 14.6 Å². The summed E-state index contributed by atoms with van der Waals surface area (Å²) < 4.78 is 7.06. The minimum atomic E-state index is 0.198. The molecule has 1 aromatic carbocycles. The number of rotatable bonds is 2. The van der Waals surface area contributed by atoms with Gasteiger partial charge in [-0.25, -0.2) is 9.66 Å². The van der Waals surface area contributed by atoms with E-state index in [1.165, 1.54) is 7.11 Å². The Morgan fingerprint density at radius 2 is 1.96 bits per heavy atom. The van der Waals surface area contributed by atoms with Gasteiger partial charge in [-0.1, -0.05) is 18.2 Å². The predicted molar refractivity (Wildman–Crippen MR) is 90.8 cm³/mol. The second kappa shape index (κ2) is 4.91. The number of aryl methyl sites for hydroxylation is 2. The van der Waals surface area contributed by atoms with Crippen LogP contribution < -0.4 is 9.62 Å². The summed E-state index contributed by atoms with van der Waals surface area (Å²) >= 11 is 0. The lowest BCUT2D eigenvalue weighted by Gasteiger charge is -2.11. The third-order valence-electron chi connectivity index (χ3n) is 4.51. The first-order valence-electron chi connectivity index (χ1n) is 7.46. The van der Waals surface area contributed by atoms with E-state index >= 15 is 0 Å². The van der Waals surface area contributed by atoms with Gasteiger partial charge in [0.05, 0.1) is 12.6 Å². The SMILES string of the molecule is COc1c(C#N)c(C)cc2c3c([nH]c4c(C)cccc43)c(OO)n12. The second-order valence-corrected chi connectivity index (χ2v) is 5.81. The first-order valence-corrected chi connectivity index (χ1v) is 7.46. The molecule has 0 aliphatic rings. The number of ether oxygens (including phenoxy) is 1. The Bertz CT molecular complexity index is 1160. The number of nitrogens with zero attached hydrogens (tertiary/aromatic N) is 2. The molecule has 24 heavy (non-hydrogen) atoms. The highest BCUT2D eigenvalue weighted by atomic mass is 17.1. The molecule has 3 aromatic heterocycles. The van der Waals surface area contributed by atoms with Crippen molar-refractivity contribution in [3.63, 3.8) is 0 Å². The lowest BCUT2D eigenvalue weighted by molar-refractivity contribution is -0.141. The second-order valence-electron chi connectivity index (χ2n) is 5.81. The van der Waals surface area contributed by atoms with Crippen LogP contribution in [0, 0.1) is 25.2 Å². The van der Waals surface area contributed by atoms with Gasteiger partial charge in [0.25, 0.3) is 5.88 Å². The van der Waals surface area contributed by atoms with Crippen molar-refractivity contribution in [2.45, 2.75) is 13.8 Å². The minimum absolute atomic E-state index is 0.198. The Morgan fingerprint density at radius 1 is 1.17 bits per heavy atom. The largest absolute Gasteiger partial charge is 0.481 e. The van der Waals surface area contributed by atoms with Crippen LogP contribution in [0.3, 0.4) is 0 Å². The van der Waals surface area contributed by atoms with Crippen LogP contribution in [0.25, 0.3) is 27.3 Å². The first kappa shape index (κ1) is 14.4. The van der Waals surface area contributed by atoms with Gasteiger partial charge in [-0.05, 0) is 31.0 Å². The molecule has 0 atom stereocenters. The molecule has 120 valence electrons. The maximum absolute atomic E-state index is 9.49. The van der Waals surface area contributed by atoms with Crippen molar-refractivity contribution < 1.29 is 14.9 Å². The molecule has 4 rings (SSSR count). The number of pyridine rings is 1. The molecule has 0 saturated carbocycles. The van der Waals surface area contributed by atoms with Gasteiger partial charge in [-0.3, -0.25) is 0 Å². The number of fused-ring (bicyclic) bond motifs is 5. The van der Waals surface area contributed by atoms with Crippen LogP contribution in [0.2, 0.25) is 0 Å². The summed E-state index contributed by atoms with van der Waals surface area (Å²) in [6.45, 7) is 3.88. The maximum atomic E-state index is 9.49. The number of H-pyrrole nitrogens is 1. The minimum Gasteiger partial charge on any atom is -0.481 e. The van der Waals surface area contributed by atoms with Gasteiger partial charge in [0.1, 0.15) is 17.1 Å². The number of methoxy groups -OCH3 is 1. The van der Waals surface area contributed by atoms with E-state index in [-0.39, 0.29) is 5.88 Å². The number of nitriles is 1. The number of aromatic amines is 1. The van der Waals surface area contributed by atoms with Crippen LogP contribution in [0.5, 0.6) is 11.8 Å². The molecule has 0 amide bonds. The smallest absolute Gasteiger partial charge is 0.268 e. The van der Waals surface area contributed by atoms with Crippen molar-refractivity contribution in [1.82, 2.24) is 9.38 Å².